The van der Waals surface area contributed by atoms with E-state index in [2.05, 4.69) is 300 Å². The van der Waals surface area contributed by atoms with Gasteiger partial charge in [-0.25, -0.2) is 0 Å². The molecule has 2 heterocycles. The highest BCUT2D eigenvalue weighted by atomic mass is 32.1. The van der Waals surface area contributed by atoms with E-state index in [-0.39, 0.29) is 43.3 Å². The van der Waals surface area contributed by atoms with Gasteiger partial charge in [-0.2, -0.15) is 0 Å². The van der Waals surface area contributed by atoms with Gasteiger partial charge in [0.05, 0.1) is 53.2 Å². The molecule has 0 amide bonds. The maximum Gasteiger partial charge on any atom is 0.0940 e. The van der Waals surface area contributed by atoms with Crippen LogP contribution in [0.2, 0.25) is 0 Å². The van der Waals surface area contributed by atoms with Crippen molar-refractivity contribution in [1.29, 1.82) is 0 Å². The largest absolute Gasteiger partial charge is 0.112 e. The molecule has 424 valence electrons. The van der Waals surface area contributed by atoms with Gasteiger partial charge in [-0.05, 0) is 114 Å². The molecule has 0 saturated heterocycles. The Morgan fingerprint density at radius 1 is 0.220 bits per heavy atom. The quantitative estimate of drug-likeness (QED) is 0.146. The third kappa shape index (κ3) is 11.0. The molecule has 0 spiro atoms. The van der Waals surface area contributed by atoms with Crippen molar-refractivity contribution in [2.24, 2.45) is 0 Å². The molecule has 0 atom stereocenters. The summed E-state index contributed by atoms with van der Waals surface area (Å²) in [7, 11) is 0. The zero-order valence-corrected chi connectivity index (χ0v) is 56.2. The highest BCUT2D eigenvalue weighted by Gasteiger charge is 2.43. The van der Waals surface area contributed by atoms with Crippen LogP contribution in [0.4, 0.5) is 0 Å². The second kappa shape index (κ2) is 19.9. The summed E-state index contributed by atoms with van der Waals surface area (Å²) in [6.07, 6.45) is 0. The fourth-order valence-corrected chi connectivity index (χ4v) is 15.2. The first-order chi connectivity index (χ1) is 37.7. The molecule has 0 bridgehead atoms. The molecule has 0 unspecified atom stereocenters. The average Bonchev–Trinajstić information content (AvgIpc) is 3.59. The van der Waals surface area contributed by atoms with Gasteiger partial charge < -0.3 is 0 Å². The van der Waals surface area contributed by atoms with E-state index in [1.54, 1.807) is 0 Å². The van der Waals surface area contributed by atoms with Crippen molar-refractivity contribution in [3.63, 3.8) is 0 Å². The lowest BCUT2D eigenvalue weighted by atomic mass is 9.85. The van der Waals surface area contributed by atoms with Crippen LogP contribution in [0.3, 0.4) is 0 Å². The van der Waals surface area contributed by atoms with Gasteiger partial charge in [-0.3, -0.25) is 0 Å². The Hall–Kier alpha value is -5.80. The first-order valence-electron chi connectivity index (χ1n) is 30.3. The highest BCUT2D eigenvalue weighted by molar-refractivity contribution is 7.28. The van der Waals surface area contributed by atoms with Crippen molar-refractivity contribution in [1.82, 2.24) is 0 Å². The molecule has 82 heavy (non-hydrogen) atoms. The van der Waals surface area contributed by atoms with Gasteiger partial charge >= 0.3 is 0 Å². The molecule has 2 aromatic rings. The second-order valence-corrected chi connectivity index (χ2v) is 34.6. The molecule has 2 aromatic heterocycles. The molecule has 2 heteroatoms. The summed E-state index contributed by atoms with van der Waals surface area (Å²) >= 11 is 3.95. The lowest BCUT2D eigenvalue weighted by Gasteiger charge is -2.18. The van der Waals surface area contributed by atoms with Crippen LogP contribution in [0.25, 0.3) is 53.9 Å². The predicted octanol–water partition coefficient (Wildman–Crippen LogP) is 23.8. The number of rotatable bonds is 6. The molecule has 0 aliphatic heterocycles. The first-order valence-corrected chi connectivity index (χ1v) is 31.9. The van der Waals surface area contributed by atoms with Gasteiger partial charge in [-0.15, -0.1) is 22.7 Å². The third-order valence-electron chi connectivity index (χ3n) is 17.5. The normalized spacial score (nSPS) is 13.6. The summed E-state index contributed by atoms with van der Waals surface area (Å²) in [6.45, 7) is 56.6. The minimum absolute atomic E-state index is 0.00572. The van der Waals surface area contributed by atoms with Crippen LogP contribution >= 0.6 is 22.7 Å². The van der Waals surface area contributed by atoms with Crippen molar-refractivity contribution in [2.45, 2.75) is 209 Å². The molecule has 10 rings (SSSR count). The van der Waals surface area contributed by atoms with Crippen LogP contribution in [-0.2, 0) is 43.3 Å². The number of hydrogen-bond donors (Lipinski definition) is 0. The van der Waals surface area contributed by atoms with Crippen molar-refractivity contribution < 1.29 is 0 Å². The highest BCUT2D eigenvalue weighted by Crippen LogP contribution is 2.56. The molecule has 0 N–H and O–H groups in total. The SMILES string of the molecule is CC(C)(C)c1ccc2c([C+](c3cc4sc([C+](c5cc(C(C)(C)C)c6ccc(C(C)(C)C)ccc5-6)c5cc(C(C)(C)C)c6ccc(C(C)(C)C)ccc5-6)cc4s3)c3cc(C(C)(C)C)c4ccc(C(C)(C)C)ccc3-4)cc(C(C)(C)C)c-2cc1. The van der Waals surface area contributed by atoms with Crippen LogP contribution in [0.5, 0.6) is 0 Å². The van der Waals surface area contributed by atoms with Crippen molar-refractivity contribution >= 4 is 32.1 Å². The Labute approximate surface area is 504 Å². The van der Waals surface area contributed by atoms with E-state index < -0.39 is 0 Å². The first kappa shape index (κ1) is 59.4. The van der Waals surface area contributed by atoms with E-state index in [1.165, 1.54) is 142 Å². The van der Waals surface area contributed by atoms with E-state index in [1.807, 2.05) is 22.7 Å². The van der Waals surface area contributed by atoms with E-state index in [0.29, 0.717) is 0 Å². The Kier molecular flexibility index (Phi) is 14.4. The van der Waals surface area contributed by atoms with Crippen LogP contribution in [0.15, 0.2) is 133 Å². The fourth-order valence-electron chi connectivity index (χ4n) is 12.6. The predicted molar refractivity (Wildman–Crippen MR) is 363 cm³/mol. The molecular weight excluding hydrogens is 1030 g/mol. The summed E-state index contributed by atoms with van der Waals surface area (Å²) in [6, 6.07) is 54.0. The zero-order chi connectivity index (χ0) is 60.0. The third-order valence-corrected chi connectivity index (χ3v) is 19.9. The molecule has 8 aliphatic carbocycles. The van der Waals surface area contributed by atoms with Crippen molar-refractivity contribution in [3.05, 3.63) is 222 Å². The van der Waals surface area contributed by atoms with Crippen LogP contribution in [0.1, 0.15) is 243 Å². The average molecular weight is 1120 g/mol. The molecule has 8 aliphatic rings. The lowest BCUT2D eigenvalue weighted by Crippen LogP contribution is -2.11. The number of thiophene rings is 2. The van der Waals surface area contributed by atoms with Crippen molar-refractivity contribution in [3.8, 4) is 44.5 Å². The Morgan fingerprint density at radius 2 is 0.402 bits per heavy atom. The number of fused-ring (bicyclic) bond motifs is 5. The Balaban J connectivity index is 1.28. The fraction of sp³-hybridized carbons (Fsp3) is 0.400. The second-order valence-electron chi connectivity index (χ2n) is 32.4. The maximum absolute atomic E-state index is 2.57. The topological polar surface area (TPSA) is 0 Å². The lowest BCUT2D eigenvalue weighted by molar-refractivity contribution is 0.590. The van der Waals surface area contributed by atoms with E-state index in [9.17, 15) is 0 Å². The number of hydrogen-bond acceptors (Lipinski definition) is 2. The molecule has 0 radical (unpaired) electrons. The minimum Gasteiger partial charge on any atom is -0.112 e. The van der Waals surface area contributed by atoms with Crippen LogP contribution < -0.4 is 0 Å². The smallest absolute Gasteiger partial charge is 0.0940 e. The summed E-state index contributed by atoms with van der Waals surface area (Å²) in [4.78, 5) is 2.62. The molecule has 0 aromatic carbocycles. The Bertz CT molecular complexity index is 3370. The van der Waals surface area contributed by atoms with E-state index >= 15 is 0 Å². The summed E-state index contributed by atoms with van der Waals surface area (Å²) in [5.41, 5.74) is 26.4. The van der Waals surface area contributed by atoms with Gasteiger partial charge in [0.15, 0.2) is 0 Å². The molecule has 0 fully saturated rings. The standard InChI is InChI=1S/C80H94S2/c1-73(2,3)47-25-33-51-55(37-29-47)63(77(13,14)15)41-59(51)71(60-42-64(78(16,17)18)56-38-30-48(74(4,5)6)26-34-52(56)60)69-45-67-68(81-69)46-70(82-67)72(61-43-65(79(19,20)21)57-39-31-49(75(7,8)9)27-35-53(57)61)62-44-66(80(22,23)24)58-40-32-50(76(10,11)12)28-36-54(58)62/h25-46H,1-24H3/q+2. The monoisotopic (exact) mass is 1120 g/mol. The summed E-state index contributed by atoms with van der Waals surface area (Å²) < 4.78 is 2.65. The minimum atomic E-state index is -0.0835. The van der Waals surface area contributed by atoms with E-state index in [0.717, 1.165) is 0 Å². The van der Waals surface area contributed by atoms with Gasteiger partial charge in [0, 0.05) is 103 Å². The molecule has 0 saturated carbocycles. The van der Waals surface area contributed by atoms with Gasteiger partial charge in [0.2, 0.25) is 0 Å². The van der Waals surface area contributed by atoms with Crippen LogP contribution in [0, 0.1) is 11.8 Å². The zero-order valence-electron chi connectivity index (χ0n) is 54.5. The van der Waals surface area contributed by atoms with Crippen LogP contribution in [-0.4, -0.2) is 0 Å². The van der Waals surface area contributed by atoms with E-state index in [4.69, 9.17) is 0 Å². The maximum atomic E-state index is 2.57. The molecular formula is C80H94S2+2. The van der Waals surface area contributed by atoms with Gasteiger partial charge in [-0.1, -0.05) is 215 Å². The van der Waals surface area contributed by atoms with Crippen molar-refractivity contribution in [2.75, 3.05) is 0 Å². The Morgan fingerprint density at radius 3 is 0.573 bits per heavy atom. The molecule has 0 nitrogen and oxygen atoms in total. The summed E-state index contributed by atoms with van der Waals surface area (Å²) in [5.74, 6) is 2.65. The summed E-state index contributed by atoms with van der Waals surface area (Å²) in [5, 5.41) is 0. The van der Waals surface area contributed by atoms with Gasteiger partial charge in [0.1, 0.15) is 0 Å². The van der Waals surface area contributed by atoms with Gasteiger partial charge in [0.25, 0.3) is 0 Å².